The van der Waals surface area contributed by atoms with Crippen LogP contribution in [0.25, 0.3) is 0 Å². The van der Waals surface area contributed by atoms with Gasteiger partial charge in [0.25, 0.3) is 11.8 Å². The van der Waals surface area contributed by atoms with Gasteiger partial charge in [0, 0.05) is 37.6 Å². The second-order valence-electron chi connectivity index (χ2n) is 8.70. The van der Waals surface area contributed by atoms with Gasteiger partial charge in [-0.25, -0.2) is 4.39 Å². The summed E-state index contributed by atoms with van der Waals surface area (Å²) in [6, 6.07) is 23.9. The number of hydrogen-bond acceptors (Lipinski definition) is 4. The topological polar surface area (TPSA) is 65.8 Å². The molecule has 0 aliphatic heterocycles. The Morgan fingerprint density at radius 2 is 1.67 bits per heavy atom. The molecule has 4 rings (SSSR count). The third-order valence-corrected chi connectivity index (χ3v) is 6.01. The van der Waals surface area contributed by atoms with Gasteiger partial charge in [-0.05, 0) is 72.6 Å². The fourth-order valence-corrected chi connectivity index (χ4v) is 4.06. The van der Waals surface area contributed by atoms with Crippen LogP contribution in [-0.4, -0.2) is 30.8 Å². The lowest BCUT2D eigenvalue weighted by molar-refractivity contribution is 0.0674. The van der Waals surface area contributed by atoms with Crippen molar-refractivity contribution in [3.05, 3.63) is 119 Å². The Balaban J connectivity index is 1.70. The van der Waals surface area contributed by atoms with Crippen molar-refractivity contribution >= 4 is 23.2 Å². The Morgan fingerprint density at radius 3 is 2.31 bits per heavy atom. The number of amides is 2. The summed E-state index contributed by atoms with van der Waals surface area (Å²) in [6.45, 7) is 2.23. The predicted molar refractivity (Wildman–Crippen MR) is 139 cm³/mol. The summed E-state index contributed by atoms with van der Waals surface area (Å²) in [7, 11) is 3.85. The van der Waals surface area contributed by atoms with Crippen molar-refractivity contribution in [3.63, 3.8) is 0 Å². The smallest absolute Gasteiger partial charge is 0.291 e. The van der Waals surface area contributed by atoms with Crippen LogP contribution in [0.1, 0.15) is 45.0 Å². The predicted octanol–water partition coefficient (Wildman–Crippen LogP) is 6.14. The molecule has 0 radical (unpaired) electrons. The first kappa shape index (κ1) is 24.7. The quantitative estimate of drug-likeness (QED) is 0.326. The molecule has 0 aliphatic carbocycles. The second kappa shape index (κ2) is 10.9. The van der Waals surface area contributed by atoms with Crippen molar-refractivity contribution in [1.82, 2.24) is 4.90 Å². The number of benzene rings is 3. The molecule has 184 valence electrons. The van der Waals surface area contributed by atoms with E-state index in [1.165, 1.54) is 30.5 Å². The molecule has 0 spiro atoms. The third-order valence-electron chi connectivity index (χ3n) is 6.01. The minimum atomic E-state index is -0.399. The van der Waals surface area contributed by atoms with Gasteiger partial charge in [0.15, 0.2) is 5.76 Å². The van der Waals surface area contributed by atoms with E-state index in [0.29, 0.717) is 11.3 Å². The summed E-state index contributed by atoms with van der Waals surface area (Å²) >= 11 is 0. The largest absolute Gasteiger partial charge is 0.459 e. The highest BCUT2D eigenvalue weighted by molar-refractivity contribution is 6.02. The summed E-state index contributed by atoms with van der Waals surface area (Å²) in [4.78, 5) is 29.9. The van der Waals surface area contributed by atoms with Crippen LogP contribution >= 0.6 is 0 Å². The lowest BCUT2D eigenvalue weighted by Gasteiger charge is -2.31. The maximum atomic E-state index is 13.7. The molecule has 2 amide bonds. The van der Waals surface area contributed by atoms with Crippen LogP contribution in [0, 0.1) is 5.82 Å². The molecule has 1 unspecified atom stereocenters. The molecule has 1 N–H and O–H groups in total. The van der Waals surface area contributed by atoms with Gasteiger partial charge in [0.2, 0.25) is 0 Å². The summed E-state index contributed by atoms with van der Waals surface area (Å²) in [6.07, 6.45) is 1.44. The Bertz CT molecular complexity index is 1320. The monoisotopic (exact) mass is 485 g/mol. The Kier molecular flexibility index (Phi) is 7.49. The molecular formula is C29H28FN3O3. The zero-order chi connectivity index (χ0) is 25.7. The molecule has 1 atom stereocenters. The first-order valence-corrected chi connectivity index (χ1v) is 11.6. The van der Waals surface area contributed by atoms with E-state index in [2.05, 4.69) is 5.32 Å². The van der Waals surface area contributed by atoms with E-state index in [4.69, 9.17) is 4.42 Å². The average molecular weight is 486 g/mol. The normalized spacial score (nSPS) is 11.6. The van der Waals surface area contributed by atoms with Crippen LogP contribution in [0.5, 0.6) is 0 Å². The number of nitrogens with one attached hydrogen (secondary N) is 1. The second-order valence-corrected chi connectivity index (χ2v) is 8.70. The van der Waals surface area contributed by atoms with E-state index >= 15 is 0 Å². The number of halogens is 1. The van der Waals surface area contributed by atoms with E-state index in [1.54, 1.807) is 17.0 Å². The van der Waals surface area contributed by atoms with Gasteiger partial charge in [-0.1, -0.05) is 30.3 Å². The summed E-state index contributed by atoms with van der Waals surface area (Å²) in [5, 5.41) is 2.86. The van der Waals surface area contributed by atoms with E-state index < -0.39 is 5.82 Å². The van der Waals surface area contributed by atoms with Crippen molar-refractivity contribution in [2.45, 2.75) is 19.5 Å². The van der Waals surface area contributed by atoms with Gasteiger partial charge in [-0.15, -0.1) is 0 Å². The molecule has 0 fully saturated rings. The zero-order valence-corrected chi connectivity index (χ0v) is 20.4. The lowest BCUT2D eigenvalue weighted by atomic mass is 10.0. The molecule has 3 aromatic carbocycles. The molecule has 1 aromatic heterocycles. The summed E-state index contributed by atoms with van der Waals surface area (Å²) in [5.41, 5.74) is 3.70. The van der Waals surface area contributed by atoms with Crippen LogP contribution in [0.2, 0.25) is 0 Å². The molecule has 4 aromatic rings. The lowest BCUT2D eigenvalue weighted by Crippen LogP contribution is -2.33. The van der Waals surface area contributed by atoms with Crippen molar-refractivity contribution in [3.8, 4) is 0 Å². The Morgan fingerprint density at radius 1 is 0.944 bits per heavy atom. The first-order valence-electron chi connectivity index (χ1n) is 11.6. The van der Waals surface area contributed by atoms with E-state index in [0.717, 1.165) is 16.8 Å². The summed E-state index contributed by atoms with van der Waals surface area (Å²) < 4.78 is 18.7. The number of carbonyl (C=O) groups is 2. The van der Waals surface area contributed by atoms with Gasteiger partial charge in [-0.2, -0.15) is 0 Å². The number of furan rings is 1. The van der Waals surface area contributed by atoms with Crippen LogP contribution in [0.15, 0.2) is 95.6 Å². The number of rotatable bonds is 8. The van der Waals surface area contributed by atoms with Gasteiger partial charge < -0.3 is 19.5 Å². The van der Waals surface area contributed by atoms with Gasteiger partial charge in [0.05, 0.1) is 12.3 Å². The first-order chi connectivity index (χ1) is 17.3. The maximum Gasteiger partial charge on any atom is 0.291 e. The Labute approximate surface area is 210 Å². The number of anilines is 2. The molecule has 6 nitrogen and oxygen atoms in total. The fourth-order valence-electron chi connectivity index (χ4n) is 4.06. The molecule has 0 aliphatic rings. The SMILES string of the molecule is CC(c1ccccc1)N(Cc1cc(NC(=O)c2ccco2)ccc1N(C)C)C(=O)c1ccc(F)cc1. The molecular weight excluding hydrogens is 457 g/mol. The number of carbonyl (C=O) groups excluding carboxylic acids is 2. The minimum Gasteiger partial charge on any atom is -0.459 e. The van der Waals surface area contributed by atoms with Crippen LogP contribution in [0.3, 0.4) is 0 Å². The van der Waals surface area contributed by atoms with Crippen molar-refractivity contribution < 1.29 is 18.4 Å². The van der Waals surface area contributed by atoms with Crippen molar-refractivity contribution in [2.75, 3.05) is 24.3 Å². The van der Waals surface area contributed by atoms with Crippen LogP contribution < -0.4 is 10.2 Å². The molecule has 0 saturated heterocycles. The fraction of sp³-hybridized carbons (Fsp3) is 0.172. The zero-order valence-electron chi connectivity index (χ0n) is 20.4. The highest BCUT2D eigenvalue weighted by atomic mass is 19.1. The average Bonchev–Trinajstić information content (AvgIpc) is 3.43. The van der Waals surface area contributed by atoms with Gasteiger partial charge >= 0.3 is 0 Å². The summed E-state index contributed by atoms with van der Waals surface area (Å²) in [5.74, 6) is -0.773. The van der Waals surface area contributed by atoms with Gasteiger partial charge in [-0.3, -0.25) is 9.59 Å². The third kappa shape index (κ3) is 5.63. The molecule has 36 heavy (non-hydrogen) atoms. The Hall–Kier alpha value is -4.39. The number of nitrogens with zero attached hydrogens (tertiary/aromatic N) is 2. The van der Waals surface area contributed by atoms with Crippen molar-refractivity contribution in [2.24, 2.45) is 0 Å². The molecule has 1 heterocycles. The maximum absolute atomic E-state index is 13.7. The van der Waals surface area contributed by atoms with Crippen LogP contribution in [0.4, 0.5) is 15.8 Å². The van der Waals surface area contributed by atoms with E-state index in [-0.39, 0.29) is 30.2 Å². The highest BCUT2D eigenvalue weighted by Gasteiger charge is 2.25. The highest BCUT2D eigenvalue weighted by Crippen LogP contribution is 2.30. The minimum absolute atomic E-state index is 0.207. The molecule has 0 saturated carbocycles. The molecule has 0 bridgehead atoms. The van der Waals surface area contributed by atoms with E-state index in [9.17, 15) is 14.0 Å². The van der Waals surface area contributed by atoms with Gasteiger partial charge in [0.1, 0.15) is 5.82 Å². The molecule has 7 heteroatoms. The van der Waals surface area contributed by atoms with Crippen LogP contribution in [-0.2, 0) is 6.54 Å². The van der Waals surface area contributed by atoms with Crippen molar-refractivity contribution in [1.29, 1.82) is 0 Å². The van der Waals surface area contributed by atoms with E-state index in [1.807, 2.05) is 74.4 Å². The number of hydrogen-bond donors (Lipinski definition) is 1. The standard InChI is InChI=1S/C29H28FN3O3/c1-20(21-8-5-4-6-9-21)33(29(35)22-11-13-24(30)14-12-22)19-23-18-25(15-16-26(23)32(2)3)31-28(34)27-10-7-17-36-27/h4-18,20H,19H2,1-3H3,(H,31,34).